The molecule has 25 heavy (non-hydrogen) atoms. The summed E-state index contributed by atoms with van der Waals surface area (Å²) in [5.41, 5.74) is 0.388. The molecule has 0 spiro atoms. The maximum atomic E-state index is 13.4. The fraction of sp³-hybridized carbons (Fsp3) is 0.389. The molecule has 1 atom stereocenters. The molecule has 0 aliphatic carbocycles. The lowest BCUT2D eigenvalue weighted by Crippen LogP contribution is -2.42. The van der Waals surface area contributed by atoms with E-state index in [1.165, 1.54) is 22.9 Å². The smallest absolute Gasteiger partial charge is 0.266 e. The van der Waals surface area contributed by atoms with Gasteiger partial charge in [-0.1, -0.05) is 20.8 Å². The van der Waals surface area contributed by atoms with Crippen molar-refractivity contribution < 1.29 is 13.6 Å². The zero-order valence-electron chi connectivity index (χ0n) is 14.4. The van der Waals surface area contributed by atoms with Crippen LogP contribution in [-0.2, 0) is 11.3 Å². The highest BCUT2D eigenvalue weighted by atomic mass is 19.2. The lowest BCUT2D eigenvalue weighted by molar-refractivity contribution is -0.124. The van der Waals surface area contributed by atoms with Crippen LogP contribution in [0.25, 0.3) is 11.3 Å². The van der Waals surface area contributed by atoms with Crippen LogP contribution in [0, 0.1) is 17.6 Å². The summed E-state index contributed by atoms with van der Waals surface area (Å²) in [6, 6.07) is 5.97. The molecule has 0 fully saturated rings. The number of benzene rings is 1. The molecular formula is C18H21F2N3O2. The molecular weight excluding hydrogens is 328 g/mol. The van der Waals surface area contributed by atoms with Gasteiger partial charge >= 0.3 is 0 Å². The number of carbonyl (C=O) groups excluding carboxylic acids is 1. The Bertz CT molecular complexity index is 818. The van der Waals surface area contributed by atoms with Gasteiger partial charge in [0.25, 0.3) is 5.56 Å². The largest absolute Gasteiger partial charge is 0.351 e. The van der Waals surface area contributed by atoms with Crippen molar-refractivity contribution in [1.82, 2.24) is 15.1 Å². The Balaban J connectivity index is 2.27. The second kappa shape index (κ2) is 8.00. The predicted octanol–water partition coefficient (Wildman–Crippen LogP) is 2.74. The SMILES string of the molecule is CC[C@H](Cn1nc(-c2ccc(F)c(F)c2)ccc1=O)NC(=O)C(C)C. The van der Waals surface area contributed by atoms with Crippen molar-refractivity contribution in [2.24, 2.45) is 5.92 Å². The molecule has 0 unspecified atom stereocenters. The summed E-state index contributed by atoms with van der Waals surface area (Å²) in [6.45, 7) is 5.67. The molecule has 1 aromatic carbocycles. The standard InChI is InChI=1S/C18H21F2N3O2/c1-4-13(21-18(25)11(2)3)10-23-17(24)8-7-16(22-23)12-5-6-14(19)15(20)9-12/h5-9,11,13H,4,10H2,1-3H3,(H,21,25)/t13-/m1/s1. The van der Waals surface area contributed by atoms with Gasteiger partial charge in [0.1, 0.15) is 0 Å². The topological polar surface area (TPSA) is 64.0 Å². The molecule has 0 bridgehead atoms. The van der Waals surface area contributed by atoms with Gasteiger partial charge in [0, 0.05) is 23.6 Å². The van der Waals surface area contributed by atoms with Crippen LogP contribution in [0.5, 0.6) is 0 Å². The molecule has 2 aromatic rings. The summed E-state index contributed by atoms with van der Waals surface area (Å²) >= 11 is 0. The van der Waals surface area contributed by atoms with Crippen molar-refractivity contribution in [2.45, 2.75) is 39.8 Å². The number of rotatable bonds is 6. The van der Waals surface area contributed by atoms with E-state index in [4.69, 9.17) is 0 Å². The van der Waals surface area contributed by atoms with E-state index in [9.17, 15) is 18.4 Å². The van der Waals surface area contributed by atoms with Gasteiger partial charge in [-0.05, 0) is 30.7 Å². The minimum atomic E-state index is -0.979. The number of nitrogens with one attached hydrogen (secondary N) is 1. The zero-order chi connectivity index (χ0) is 18.6. The van der Waals surface area contributed by atoms with Crippen LogP contribution in [0.4, 0.5) is 8.78 Å². The number of carbonyl (C=O) groups is 1. The van der Waals surface area contributed by atoms with Gasteiger partial charge in [0.15, 0.2) is 11.6 Å². The Hall–Kier alpha value is -2.57. The van der Waals surface area contributed by atoms with Crippen LogP contribution in [0.2, 0.25) is 0 Å². The molecule has 5 nitrogen and oxygen atoms in total. The third-order valence-corrected chi connectivity index (χ3v) is 3.84. The molecule has 0 aliphatic rings. The van der Waals surface area contributed by atoms with Crippen molar-refractivity contribution >= 4 is 5.91 Å². The average molecular weight is 349 g/mol. The highest BCUT2D eigenvalue weighted by molar-refractivity contribution is 5.78. The Morgan fingerprint density at radius 3 is 2.52 bits per heavy atom. The van der Waals surface area contributed by atoms with Crippen molar-refractivity contribution in [3.05, 3.63) is 52.3 Å². The van der Waals surface area contributed by atoms with Crippen molar-refractivity contribution in [3.63, 3.8) is 0 Å². The summed E-state index contributed by atoms with van der Waals surface area (Å²) in [7, 11) is 0. The van der Waals surface area contributed by atoms with E-state index in [-0.39, 0.29) is 30.0 Å². The predicted molar refractivity (Wildman–Crippen MR) is 90.9 cm³/mol. The maximum absolute atomic E-state index is 13.4. The van der Waals surface area contributed by atoms with E-state index in [1.54, 1.807) is 13.8 Å². The first-order valence-electron chi connectivity index (χ1n) is 8.15. The number of hydrogen-bond donors (Lipinski definition) is 1. The van der Waals surface area contributed by atoms with Crippen LogP contribution in [0.3, 0.4) is 0 Å². The quantitative estimate of drug-likeness (QED) is 0.872. The molecule has 0 radical (unpaired) electrons. The number of nitrogens with zero attached hydrogens (tertiary/aromatic N) is 2. The van der Waals surface area contributed by atoms with Crippen LogP contribution >= 0.6 is 0 Å². The first-order chi connectivity index (χ1) is 11.8. The van der Waals surface area contributed by atoms with Crippen LogP contribution in [0.1, 0.15) is 27.2 Å². The summed E-state index contributed by atoms with van der Waals surface area (Å²) in [4.78, 5) is 23.9. The number of aromatic nitrogens is 2. The maximum Gasteiger partial charge on any atom is 0.266 e. The third-order valence-electron chi connectivity index (χ3n) is 3.84. The van der Waals surface area contributed by atoms with Crippen molar-refractivity contribution in [2.75, 3.05) is 0 Å². The molecule has 7 heteroatoms. The van der Waals surface area contributed by atoms with Gasteiger partial charge < -0.3 is 5.32 Å². The molecule has 0 saturated carbocycles. The van der Waals surface area contributed by atoms with Gasteiger partial charge in [0.05, 0.1) is 12.2 Å². The van der Waals surface area contributed by atoms with Crippen LogP contribution < -0.4 is 10.9 Å². The molecule has 1 N–H and O–H groups in total. The van der Waals surface area contributed by atoms with Crippen LogP contribution in [-0.4, -0.2) is 21.7 Å². The summed E-state index contributed by atoms with van der Waals surface area (Å²) in [6.07, 6.45) is 0.627. The second-order valence-corrected chi connectivity index (χ2v) is 6.14. The summed E-state index contributed by atoms with van der Waals surface area (Å²) < 4.78 is 27.7. The Labute approximate surface area is 144 Å². The van der Waals surface area contributed by atoms with E-state index >= 15 is 0 Å². The van der Waals surface area contributed by atoms with Gasteiger partial charge in [-0.2, -0.15) is 5.10 Å². The Kier molecular flexibility index (Phi) is 6.01. The van der Waals surface area contributed by atoms with Gasteiger partial charge in [-0.25, -0.2) is 13.5 Å². The van der Waals surface area contributed by atoms with Crippen molar-refractivity contribution in [1.29, 1.82) is 0 Å². The molecule has 134 valence electrons. The monoisotopic (exact) mass is 349 g/mol. The van der Waals surface area contributed by atoms with Crippen LogP contribution in [0.15, 0.2) is 35.1 Å². The molecule has 0 aliphatic heterocycles. The summed E-state index contributed by atoms with van der Waals surface area (Å²) in [5, 5.41) is 7.09. The average Bonchev–Trinajstić information content (AvgIpc) is 2.58. The molecule has 1 amide bonds. The fourth-order valence-electron chi connectivity index (χ4n) is 2.24. The molecule has 0 saturated heterocycles. The lowest BCUT2D eigenvalue weighted by atomic mass is 10.1. The van der Waals surface area contributed by atoms with E-state index in [2.05, 4.69) is 10.4 Å². The second-order valence-electron chi connectivity index (χ2n) is 6.14. The Morgan fingerprint density at radius 2 is 1.92 bits per heavy atom. The van der Waals surface area contributed by atoms with E-state index in [1.807, 2.05) is 6.92 Å². The number of halogens is 2. The van der Waals surface area contributed by atoms with Gasteiger partial charge in [0.2, 0.25) is 5.91 Å². The molecule has 2 rings (SSSR count). The van der Waals surface area contributed by atoms with E-state index < -0.39 is 11.6 Å². The fourth-order valence-corrected chi connectivity index (χ4v) is 2.24. The molecule has 1 aromatic heterocycles. The normalized spacial score (nSPS) is 12.2. The van der Waals surface area contributed by atoms with E-state index in [0.29, 0.717) is 17.7 Å². The summed E-state index contributed by atoms with van der Waals surface area (Å²) in [5.74, 6) is -2.18. The minimum Gasteiger partial charge on any atom is -0.351 e. The number of amides is 1. The third kappa shape index (κ3) is 4.71. The zero-order valence-corrected chi connectivity index (χ0v) is 14.4. The lowest BCUT2D eigenvalue weighted by Gasteiger charge is -2.19. The van der Waals surface area contributed by atoms with Crippen molar-refractivity contribution in [3.8, 4) is 11.3 Å². The number of hydrogen-bond acceptors (Lipinski definition) is 3. The Morgan fingerprint density at radius 1 is 1.20 bits per heavy atom. The van der Waals surface area contributed by atoms with Gasteiger partial charge in [-0.15, -0.1) is 0 Å². The minimum absolute atomic E-state index is 0.100. The highest BCUT2D eigenvalue weighted by Crippen LogP contribution is 2.18. The molecule has 1 heterocycles. The first kappa shape index (κ1) is 18.8. The van der Waals surface area contributed by atoms with Gasteiger partial charge in [-0.3, -0.25) is 9.59 Å². The van der Waals surface area contributed by atoms with E-state index in [0.717, 1.165) is 12.1 Å². The highest BCUT2D eigenvalue weighted by Gasteiger charge is 2.15. The first-order valence-corrected chi connectivity index (χ1v) is 8.15.